The molecule has 3 rings (SSSR count). The summed E-state index contributed by atoms with van der Waals surface area (Å²) in [6.45, 7) is 2.10. The van der Waals surface area contributed by atoms with Crippen LogP contribution in [0.3, 0.4) is 0 Å². The highest BCUT2D eigenvalue weighted by Crippen LogP contribution is 2.30. The number of ether oxygens (including phenoxy) is 1. The highest BCUT2D eigenvalue weighted by molar-refractivity contribution is 7.10. The van der Waals surface area contributed by atoms with Gasteiger partial charge in [-0.05, 0) is 42.3 Å². The Bertz CT molecular complexity index is 906. The van der Waals surface area contributed by atoms with Gasteiger partial charge in [-0.2, -0.15) is 0 Å². The van der Waals surface area contributed by atoms with E-state index in [1.165, 1.54) is 16.9 Å². The largest absolute Gasteiger partial charge is 0.495 e. The van der Waals surface area contributed by atoms with E-state index in [0.29, 0.717) is 10.8 Å². The summed E-state index contributed by atoms with van der Waals surface area (Å²) in [6.07, 6.45) is 1.22. The Hall–Kier alpha value is -2.37. The molecule has 6 heteroatoms. The lowest BCUT2D eigenvalue weighted by Gasteiger charge is -2.05. The maximum Gasteiger partial charge on any atom is 0.231 e. The predicted octanol–water partition coefficient (Wildman–Crippen LogP) is 5.22. The van der Waals surface area contributed by atoms with Gasteiger partial charge in [0.1, 0.15) is 10.8 Å². The first-order valence-corrected chi connectivity index (χ1v) is 9.52. The van der Waals surface area contributed by atoms with E-state index in [4.69, 9.17) is 16.3 Å². The van der Waals surface area contributed by atoms with Crippen LogP contribution in [-0.2, 0) is 17.6 Å². The van der Waals surface area contributed by atoms with Gasteiger partial charge in [-0.3, -0.25) is 4.79 Å². The van der Waals surface area contributed by atoms with Crippen molar-refractivity contribution in [2.45, 2.75) is 19.8 Å². The molecule has 0 saturated carbocycles. The third-order valence-corrected chi connectivity index (χ3v) is 5.10. The van der Waals surface area contributed by atoms with E-state index < -0.39 is 0 Å². The van der Waals surface area contributed by atoms with Crippen LogP contribution in [-0.4, -0.2) is 18.0 Å². The number of methoxy groups -OCH3 is 1. The zero-order valence-corrected chi connectivity index (χ0v) is 16.2. The van der Waals surface area contributed by atoms with Gasteiger partial charge < -0.3 is 10.1 Å². The van der Waals surface area contributed by atoms with Gasteiger partial charge >= 0.3 is 0 Å². The van der Waals surface area contributed by atoms with E-state index in [1.54, 1.807) is 7.11 Å². The number of amides is 1. The fourth-order valence-electron chi connectivity index (χ4n) is 2.52. The molecular weight excluding hydrogens is 368 g/mol. The molecule has 134 valence electrons. The maximum absolute atomic E-state index is 12.2. The van der Waals surface area contributed by atoms with Crippen molar-refractivity contribution in [3.8, 4) is 17.0 Å². The van der Waals surface area contributed by atoms with Crippen molar-refractivity contribution in [3.63, 3.8) is 0 Å². The summed E-state index contributed by atoms with van der Waals surface area (Å²) in [5.41, 5.74) is 3.74. The predicted molar refractivity (Wildman–Crippen MR) is 107 cm³/mol. The van der Waals surface area contributed by atoms with Crippen molar-refractivity contribution in [1.29, 1.82) is 0 Å². The number of anilines is 1. The van der Waals surface area contributed by atoms with Gasteiger partial charge in [0, 0.05) is 16.6 Å². The molecular formula is C20H19ClN2O2S. The smallest absolute Gasteiger partial charge is 0.231 e. The molecule has 0 fully saturated rings. The molecule has 0 saturated heterocycles. The minimum atomic E-state index is -0.0806. The van der Waals surface area contributed by atoms with Crippen molar-refractivity contribution in [3.05, 3.63) is 63.4 Å². The van der Waals surface area contributed by atoms with Crippen LogP contribution in [0, 0.1) is 0 Å². The lowest BCUT2D eigenvalue weighted by atomic mass is 10.1. The van der Waals surface area contributed by atoms with Crippen LogP contribution in [0.1, 0.15) is 17.5 Å². The molecule has 0 spiro atoms. The molecule has 1 heterocycles. The molecule has 3 aromatic rings. The fraction of sp³-hybridized carbons (Fsp3) is 0.200. The minimum absolute atomic E-state index is 0.0806. The zero-order chi connectivity index (χ0) is 18.5. The Kier molecular flexibility index (Phi) is 5.91. The maximum atomic E-state index is 12.2. The number of nitrogens with zero attached hydrogens (tertiary/aromatic N) is 1. The highest BCUT2D eigenvalue weighted by atomic mass is 35.5. The van der Waals surface area contributed by atoms with Crippen molar-refractivity contribution >= 4 is 34.5 Å². The fourth-order valence-corrected chi connectivity index (χ4v) is 3.58. The normalized spacial score (nSPS) is 10.6. The molecule has 0 radical (unpaired) electrons. The second-order valence-corrected chi connectivity index (χ2v) is 7.10. The number of nitrogens with one attached hydrogen (secondary N) is 1. The molecule has 26 heavy (non-hydrogen) atoms. The SMILES string of the molecule is CCc1ccc(NC(=O)Cc2nc(-c3ccc(OC)c(Cl)c3)cs2)cc1. The van der Waals surface area contributed by atoms with Gasteiger partial charge in [0.15, 0.2) is 0 Å². The number of benzene rings is 2. The van der Waals surface area contributed by atoms with Crippen LogP contribution in [0.2, 0.25) is 5.02 Å². The molecule has 0 aliphatic carbocycles. The average Bonchev–Trinajstić information content (AvgIpc) is 3.10. The van der Waals surface area contributed by atoms with E-state index >= 15 is 0 Å². The number of hydrogen-bond acceptors (Lipinski definition) is 4. The summed E-state index contributed by atoms with van der Waals surface area (Å²) in [4.78, 5) is 16.8. The van der Waals surface area contributed by atoms with Gasteiger partial charge in [-0.1, -0.05) is 30.7 Å². The van der Waals surface area contributed by atoms with Gasteiger partial charge in [0.25, 0.3) is 0 Å². The number of halogens is 1. The highest BCUT2D eigenvalue weighted by Gasteiger charge is 2.11. The van der Waals surface area contributed by atoms with E-state index in [1.807, 2.05) is 47.8 Å². The van der Waals surface area contributed by atoms with Crippen molar-refractivity contribution in [2.24, 2.45) is 0 Å². The summed E-state index contributed by atoms with van der Waals surface area (Å²) in [6, 6.07) is 13.4. The third kappa shape index (κ3) is 4.42. The molecule has 0 bridgehead atoms. The quantitative estimate of drug-likeness (QED) is 0.632. The molecule has 0 atom stereocenters. The first-order chi connectivity index (χ1) is 12.6. The number of aryl methyl sites for hydroxylation is 1. The molecule has 0 aliphatic heterocycles. The second-order valence-electron chi connectivity index (χ2n) is 5.75. The van der Waals surface area contributed by atoms with Gasteiger partial charge in [-0.25, -0.2) is 4.98 Å². The van der Waals surface area contributed by atoms with Crippen LogP contribution in [0.5, 0.6) is 5.75 Å². The van der Waals surface area contributed by atoms with Crippen LogP contribution in [0.4, 0.5) is 5.69 Å². The Balaban J connectivity index is 1.65. The van der Waals surface area contributed by atoms with Crippen LogP contribution >= 0.6 is 22.9 Å². The van der Waals surface area contributed by atoms with Crippen molar-refractivity contribution in [1.82, 2.24) is 4.98 Å². The van der Waals surface area contributed by atoms with E-state index in [9.17, 15) is 4.79 Å². The summed E-state index contributed by atoms with van der Waals surface area (Å²) < 4.78 is 5.16. The molecule has 1 amide bonds. The van der Waals surface area contributed by atoms with Gasteiger partial charge in [0.05, 0.1) is 24.2 Å². The first kappa shape index (κ1) is 18.4. The topological polar surface area (TPSA) is 51.2 Å². The second kappa shape index (κ2) is 8.34. The summed E-state index contributed by atoms with van der Waals surface area (Å²) in [7, 11) is 1.58. The Labute approximate surface area is 161 Å². The minimum Gasteiger partial charge on any atom is -0.495 e. The molecule has 4 nitrogen and oxygen atoms in total. The molecule has 2 aromatic carbocycles. The van der Waals surface area contributed by atoms with Crippen molar-refractivity contribution in [2.75, 3.05) is 12.4 Å². The number of thiazole rings is 1. The van der Waals surface area contributed by atoms with E-state index in [0.717, 1.165) is 28.4 Å². The first-order valence-electron chi connectivity index (χ1n) is 8.26. The zero-order valence-electron chi connectivity index (χ0n) is 14.6. The van der Waals surface area contributed by atoms with Crippen LogP contribution < -0.4 is 10.1 Å². The molecule has 1 N–H and O–H groups in total. The number of carbonyl (C=O) groups excluding carboxylic acids is 1. The molecule has 0 unspecified atom stereocenters. The summed E-state index contributed by atoms with van der Waals surface area (Å²) >= 11 is 7.63. The molecule has 1 aromatic heterocycles. The Morgan fingerprint density at radius 1 is 1.23 bits per heavy atom. The van der Waals surface area contributed by atoms with Gasteiger partial charge in [0.2, 0.25) is 5.91 Å². The number of rotatable bonds is 6. The van der Waals surface area contributed by atoms with Crippen molar-refractivity contribution < 1.29 is 9.53 Å². The van der Waals surface area contributed by atoms with E-state index in [2.05, 4.69) is 17.2 Å². The number of carbonyl (C=O) groups is 1. The summed E-state index contributed by atoms with van der Waals surface area (Å²) in [5.74, 6) is 0.544. The summed E-state index contributed by atoms with van der Waals surface area (Å²) in [5, 5.41) is 6.13. The standard InChI is InChI=1S/C20H19ClN2O2S/c1-3-13-4-7-15(8-5-13)22-19(24)11-20-23-17(12-26-20)14-6-9-18(25-2)16(21)10-14/h4-10,12H,3,11H2,1-2H3,(H,22,24). The van der Waals surface area contributed by atoms with Gasteiger partial charge in [-0.15, -0.1) is 11.3 Å². The molecule has 0 aliphatic rings. The average molecular weight is 387 g/mol. The lowest BCUT2D eigenvalue weighted by Crippen LogP contribution is -2.14. The Morgan fingerprint density at radius 2 is 2.00 bits per heavy atom. The van der Waals surface area contributed by atoms with Crippen LogP contribution in [0.15, 0.2) is 47.8 Å². The van der Waals surface area contributed by atoms with E-state index in [-0.39, 0.29) is 12.3 Å². The Morgan fingerprint density at radius 3 is 2.65 bits per heavy atom. The lowest BCUT2D eigenvalue weighted by molar-refractivity contribution is -0.115. The number of hydrogen-bond donors (Lipinski definition) is 1. The number of aromatic nitrogens is 1. The third-order valence-electron chi connectivity index (χ3n) is 3.96. The monoisotopic (exact) mass is 386 g/mol. The van der Waals surface area contributed by atoms with Crippen LogP contribution in [0.25, 0.3) is 11.3 Å².